The van der Waals surface area contributed by atoms with Crippen LogP contribution in [0.2, 0.25) is 10.0 Å². The lowest BCUT2D eigenvalue weighted by atomic mass is 10.1. The Balaban J connectivity index is 2.00. The fourth-order valence-electron chi connectivity index (χ4n) is 2.15. The summed E-state index contributed by atoms with van der Waals surface area (Å²) in [7, 11) is 0. The van der Waals surface area contributed by atoms with Gasteiger partial charge in [0.25, 0.3) is 0 Å². The summed E-state index contributed by atoms with van der Waals surface area (Å²) in [5.41, 5.74) is 7.00. The van der Waals surface area contributed by atoms with Crippen LogP contribution in [0.25, 0.3) is 0 Å². The van der Waals surface area contributed by atoms with Gasteiger partial charge in [-0.1, -0.05) is 23.2 Å². The number of ether oxygens (including phenoxy) is 1. The summed E-state index contributed by atoms with van der Waals surface area (Å²) in [5.74, 6) is 0. The molecule has 18 heavy (non-hydrogen) atoms. The van der Waals surface area contributed by atoms with Crippen molar-refractivity contribution in [2.75, 3.05) is 19.7 Å². The van der Waals surface area contributed by atoms with Crippen molar-refractivity contribution in [1.82, 2.24) is 4.90 Å². The van der Waals surface area contributed by atoms with Gasteiger partial charge in [0.05, 0.1) is 12.7 Å². The van der Waals surface area contributed by atoms with Gasteiger partial charge in [-0.05, 0) is 30.7 Å². The fourth-order valence-corrected chi connectivity index (χ4v) is 2.72. The molecule has 0 aromatic heterocycles. The first-order valence-electron chi connectivity index (χ1n) is 6.09. The SMILES string of the molecule is CC(N)C1CN(Cc2cc(Cl)cc(Cl)c2)CCO1. The van der Waals surface area contributed by atoms with Gasteiger partial charge in [-0.15, -0.1) is 0 Å². The highest BCUT2D eigenvalue weighted by Gasteiger charge is 2.23. The van der Waals surface area contributed by atoms with Gasteiger partial charge < -0.3 is 10.5 Å². The molecule has 1 aliphatic heterocycles. The van der Waals surface area contributed by atoms with Crippen LogP contribution in [0.1, 0.15) is 12.5 Å². The van der Waals surface area contributed by atoms with Crippen molar-refractivity contribution in [3.05, 3.63) is 33.8 Å². The minimum absolute atomic E-state index is 0.0516. The summed E-state index contributed by atoms with van der Waals surface area (Å²) < 4.78 is 5.64. The van der Waals surface area contributed by atoms with E-state index in [2.05, 4.69) is 4.90 Å². The van der Waals surface area contributed by atoms with Crippen LogP contribution in [0.15, 0.2) is 18.2 Å². The average Bonchev–Trinajstić information content (AvgIpc) is 2.27. The van der Waals surface area contributed by atoms with Crippen LogP contribution < -0.4 is 5.73 Å². The summed E-state index contributed by atoms with van der Waals surface area (Å²) in [4.78, 5) is 2.32. The van der Waals surface area contributed by atoms with E-state index in [-0.39, 0.29) is 12.1 Å². The standard InChI is InChI=1S/C13H18Cl2N2O/c1-9(16)13-8-17(2-3-18-13)7-10-4-11(14)6-12(15)5-10/h4-6,9,13H,2-3,7-8,16H2,1H3. The zero-order valence-corrected chi connectivity index (χ0v) is 11.9. The average molecular weight is 289 g/mol. The molecule has 1 aromatic carbocycles. The minimum Gasteiger partial charge on any atom is -0.374 e. The van der Waals surface area contributed by atoms with E-state index in [0.717, 1.165) is 31.8 Å². The monoisotopic (exact) mass is 288 g/mol. The number of morpholine rings is 1. The van der Waals surface area contributed by atoms with E-state index in [0.29, 0.717) is 10.0 Å². The van der Waals surface area contributed by atoms with Gasteiger partial charge in [0.2, 0.25) is 0 Å². The molecule has 2 unspecified atom stereocenters. The maximum absolute atomic E-state index is 6.00. The lowest BCUT2D eigenvalue weighted by Gasteiger charge is -2.34. The molecular weight excluding hydrogens is 271 g/mol. The zero-order chi connectivity index (χ0) is 13.1. The third kappa shape index (κ3) is 3.84. The molecule has 1 aliphatic rings. The Bertz CT molecular complexity index is 392. The Morgan fingerprint density at radius 1 is 1.39 bits per heavy atom. The number of hydrogen-bond donors (Lipinski definition) is 1. The minimum atomic E-state index is 0.0516. The number of hydrogen-bond acceptors (Lipinski definition) is 3. The van der Waals surface area contributed by atoms with Crippen molar-refractivity contribution < 1.29 is 4.74 Å². The lowest BCUT2D eigenvalue weighted by Crippen LogP contribution is -2.49. The van der Waals surface area contributed by atoms with Crippen molar-refractivity contribution in [1.29, 1.82) is 0 Å². The summed E-state index contributed by atoms with van der Waals surface area (Å²) in [6.45, 7) is 5.28. The van der Waals surface area contributed by atoms with Gasteiger partial charge in [0.1, 0.15) is 0 Å². The van der Waals surface area contributed by atoms with E-state index < -0.39 is 0 Å². The number of benzene rings is 1. The predicted molar refractivity (Wildman–Crippen MR) is 75.1 cm³/mol. The predicted octanol–water partition coefficient (Wildman–Crippen LogP) is 2.54. The molecule has 0 aliphatic carbocycles. The third-order valence-corrected chi connectivity index (χ3v) is 3.53. The van der Waals surface area contributed by atoms with Crippen molar-refractivity contribution in [3.8, 4) is 0 Å². The number of halogens is 2. The molecule has 2 rings (SSSR count). The smallest absolute Gasteiger partial charge is 0.0850 e. The molecule has 5 heteroatoms. The van der Waals surface area contributed by atoms with Crippen LogP contribution in [-0.2, 0) is 11.3 Å². The quantitative estimate of drug-likeness (QED) is 0.929. The molecule has 1 heterocycles. The maximum atomic E-state index is 6.00. The Morgan fingerprint density at radius 3 is 2.67 bits per heavy atom. The highest BCUT2D eigenvalue weighted by Crippen LogP contribution is 2.21. The molecule has 3 nitrogen and oxygen atoms in total. The molecule has 100 valence electrons. The Hall–Kier alpha value is -0.320. The fraction of sp³-hybridized carbons (Fsp3) is 0.538. The van der Waals surface area contributed by atoms with Crippen molar-refractivity contribution in [3.63, 3.8) is 0 Å². The molecular formula is C13H18Cl2N2O. The first-order chi connectivity index (χ1) is 8.54. The first-order valence-corrected chi connectivity index (χ1v) is 6.84. The van der Waals surface area contributed by atoms with E-state index >= 15 is 0 Å². The van der Waals surface area contributed by atoms with Gasteiger partial charge in [-0.2, -0.15) is 0 Å². The Kier molecular flexibility index (Phi) is 4.87. The van der Waals surface area contributed by atoms with E-state index in [9.17, 15) is 0 Å². The van der Waals surface area contributed by atoms with Crippen molar-refractivity contribution in [2.45, 2.75) is 25.6 Å². The molecule has 0 spiro atoms. The molecule has 0 radical (unpaired) electrons. The van der Waals surface area contributed by atoms with Crippen LogP contribution >= 0.6 is 23.2 Å². The number of nitrogens with zero attached hydrogens (tertiary/aromatic N) is 1. The van der Waals surface area contributed by atoms with Gasteiger partial charge in [0.15, 0.2) is 0 Å². The van der Waals surface area contributed by atoms with Gasteiger partial charge >= 0.3 is 0 Å². The lowest BCUT2D eigenvalue weighted by molar-refractivity contribution is -0.0403. The summed E-state index contributed by atoms with van der Waals surface area (Å²) >= 11 is 12.0. The summed E-state index contributed by atoms with van der Waals surface area (Å²) in [6.07, 6.45) is 0.105. The van der Waals surface area contributed by atoms with Crippen molar-refractivity contribution in [2.24, 2.45) is 5.73 Å². The van der Waals surface area contributed by atoms with Gasteiger partial charge in [0, 0.05) is 35.7 Å². The summed E-state index contributed by atoms with van der Waals surface area (Å²) in [5, 5.41) is 1.35. The van der Waals surface area contributed by atoms with Crippen LogP contribution in [0.5, 0.6) is 0 Å². The molecule has 0 amide bonds. The maximum Gasteiger partial charge on any atom is 0.0850 e. The van der Waals surface area contributed by atoms with Gasteiger partial charge in [-0.3, -0.25) is 4.90 Å². The largest absolute Gasteiger partial charge is 0.374 e. The molecule has 1 aromatic rings. The van der Waals surface area contributed by atoms with Crippen LogP contribution in [0, 0.1) is 0 Å². The Morgan fingerprint density at radius 2 is 2.06 bits per heavy atom. The molecule has 1 saturated heterocycles. The van der Waals surface area contributed by atoms with Crippen LogP contribution in [0.3, 0.4) is 0 Å². The second-order valence-electron chi connectivity index (χ2n) is 4.78. The highest BCUT2D eigenvalue weighted by atomic mass is 35.5. The van der Waals surface area contributed by atoms with Gasteiger partial charge in [-0.25, -0.2) is 0 Å². The molecule has 2 atom stereocenters. The van der Waals surface area contributed by atoms with E-state index in [1.54, 1.807) is 6.07 Å². The van der Waals surface area contributed by atoms with E-state index in [4.69, 9.17) is 33.7 Å². The van der Waals surface area contributed by atoms with E-state index in [1.165, 1.54) is 0 Å². The van der Waals surface area contributed by atoms with Crippen molar-refractivity contribution >= 4 is 23.2 Å². The molecule has 0 bridgehead atoms. The number of nitrogens with two attached hydrogens (primary N) is 1. The summed E-state index contributed by atoms with van der Waals surface area (Å²) in [6, 6.07) is 5.69. The Labute approximate surface area is 118 Å². The van der Waals surface area contributed by atoms with Crippen LogP contribution in [-0.4, -0.2) is 36.7 Å². The van der Waals surface area contributed by atoms with E-state index in [1.807, 2.05) is 19.1 Å². The first kappa shape index (κ1) is 14.1. The second kappa shape index (κ2) is 6.22. The molecule has 0 saturated carbocycles. The zero-order valence-electron chi connectivity index (χ0n) is 10.4. The normalized spacial score (nSPS) is 23.0. The topological polar surface area (TPSA) is 38.5 Å². The highest BCUT2D eigenvalue weighted by molar-refractivity contribution is 6.34. The van der Waals surface area contributed by atoms with Crippen LogP contribution in [0.4, 0.5) is 0 Å². The number of rotatable bonds is 3. The molecule has 2 N–H and O–H groups in total. The molecule has 1 fully saturated rings. The third-order valence-electron chi connectivity index (χ3n) is 3.09. The second-order valence-corrected chi connectivity index (χ2v) is 5.65.